The van der Waals surface area contributed by atoms with Crippen molar-refractivity contribution in [2.24, 2.45) is 0 Å². The molecule has 0 spiro atoms. The molecule has 0 aromatic heterocycles. The Labute approximate surface area is 114 Å². The Morgan fingerprint density at radius 2 is 1.23 bits per heavy atom. The van der Waals surface area contributed by atoms with Crippen LogP contribution in [0.4, 0.5) is 47.8 Å². The van der Waals surface area contributed by atoms with Gasteiger partial charge in [0.15, 0.2) is 0 Å². The zero-order valence-electron chi connectivity index (χ0n) is 9.58. The van der Waals surface area contributed by atoms with Crippen LogP contribution in [0.25, 0.3) is 0 Å². The lowest BCUT2D eigenvalue weighted by Gasteiger charge is -2.36. The third kappa shape index (κ3) is 3.13. The maximum absolute atomic E-state index is 13.2. The SMILES string of the molecule is C=CC(F)(F)C(F)(OC(F)(F)C(F)(F)S(=O)(=O)F)C(F)(F)F. The van der Waals surface area contributed by atoms with Crippen LogP contribution in [0.1, 0.15) is 0 Å². The van der Waals surface area contributed by atoms with E-state index >= 15 is 0 Å². The zero-order valence-corrected chi connectivity index (χ0v) is 10.4. The molecule has 0 heterocycles. The van der Waals surface area contributed by atoms with Crippen LogP contribution in [0.3, 0.4) is 0 Å². The molecule has 0 N–H and O–H groups in total. The van der Waals surface area contributed by atoms with Gasteiger partial charge in [0.2, 0.25) is 0 Å². The Morgan fingerprint density at radius 3 is 1.45 bits per heavy atom. The Balaban J connectivity index is 6.17. The molecule has 0 aromatic rings. The fourth-order valence-corrected chi connectivity index (χ4v) is 1.15. The van der Waals surface area contributed by atoms with E-state index in [0.717, 1.165) is 0 Å². The highest BCUT2D eigenvalue weighted by Crippen LogP contribution is 2.52. The summed E-state index contributed by atoms with van der Waals surface area (Å²) in [6.45, 7) is 1.96. The van der Waals surface area contributed by atoms with Crippen LogP contribution in [-0.2, 0) is 15.0 Å². The molecule has 0 radical (unpaired) electrons. The van der Waals surface area contributed by atoms with E-state index in [1.165, 1.54) is 0 Å². The van der Waals surface area contributed by atoms with Crippen LogP contribution in [-0.4, -0.2) is 37.7 Å². The smallest absolute Gasteiger partial charge is 0.264 e. The van der Waals surface area contributed by atoms with Crippen molar-refractivity contribution in [3.8, 4) is 0 Å². The lowest BCUT2D eigenvalue weighted by atomic mass is 10.1. The van der Waals surface area contributed by atoms with Gasteiger partial charge in [-0.3, -0.25) is 4.74 Å². The summed E-state index contributed by atoms with van der Waals surface area (Å²) < 4.78 is 159. The van der Waals surface area contributed by atoms with Gasteiger partial charge < -0.3 is 0 Å². The number of hydrogen-bond acceptors (Lipinski definition) is 3. The van der Waals surface area contributed by atoms with Crippen molar-refractivity contribution < 1.29 is 60.9 Å². The molecule has 1 atom stereocenters. The summed E-state index contributed by atoms with van der Waals surface area (Å²) in [5.74, 6) is -12.9. The first-order valence-electron chi connectivity index (χ1n) is 4.44. The third-order valence-electron chi connectivity index (χ3n) is 1.96. The highest BCUT2D eigenvalue weighted by atomic mass is 32.3. The summed E-state index contributed by atoms with van der Waals surface area (Å²) in [4.78, 5) is 0. The van der Waals surface area contributed by atoms with Crippen LogP contribution in [0, 0.1) is 0 Å². The van der Waals surface area contributed by atoms with Crippen LogP contribution in [0.15, 0.2) is 12.7 Å². The minimum absolute atomic E-state index is 1.21. The van der Waals surface area contributed by atoms with E-state index in [0.29, 0.717) is 0 Å². The van der Waals surface area contributed by atoms with Crippen molar-refractivity contribution in [1.82, 2.24) is 0 Å². The summed E-state index contributed by atoms with van der Waals surface area (Å²) in [7, 11) is -7.64. The first-order chi connectivity index (χ1) is 9.27. The molecule has 0 aromatic carbocycles. The lowest BCUT2D eigenvalue weighted by molar-refractivity contribution is -0.470. The zero-order chi connectivity index (χ0) is 18.4. The molecule has 0 saturated heterocycles. The van der Waals surface area contributed by atoms with Gasteiger partial charge in [0, 0.05) is 0 Å². The Bertz CT molecular complexity index is 536. The monoisotopic (exact) mass is 376 g/mol. The number of rotatable bonds is 6. The average molecular weight is 376 g/mol. The predicted octanol–water partition coefficient (Wildman–Crippen LogP) is 3.54. The van der Waals surface area contributed by atoms with Gasteiger partial charge in [-0.25, -0.2) is 0 Å². The lowest BCUT2D eigenvalue weighted by Crippen LogP contribution is -2.62. The topological polar surface area (TPSA) is 43.4 Å². The van der Waals surface area contributed by atoms with Crippen molar-refractivity contribution in [1.29, 1.82) is 0 Å². The number of ether oxygens (including phenoxy) is 1. The average Bonchev–Trinajstić information content (AvgIpc) is 2.24. The standard InChI is InChI=1S/C7H3F11O3S/c1-2-3(8,9)4(10,5(11,12)13)21-6(14,15)7(16,17)22(18,19)20/h2H,1H2. The maximum Gasteiger partial charge on any atom is 0.464 e. The van der Waals surface area contributed by atoms with Crippen molar-refractivity contribution in [2.75, 3.05) is 0 Å². The van der Waals surface area contributed by atoms with E-state index in [-0.39, 0.29) is 0 Å². The van der Waals surface area contributed by atoms with Crippen molar-refractivity contribution in [2.45, 2.75) is 29.3 Å². The third-order valence-corrected chi connectivity index (χ3v) is 2.81. The van der Waals surface area contributed by atoms with E-state index in [9.17, 15) is 56.2 Å². The predicted molar refractivity (Wildman–Crippen MR) is 46.0 cm³/mol. The molecule has 132 valence electrons. The second-order valence-electron chi connectivity index (χ2n) is 3.49. The van der Waals surface area contributed by atoms with Crippen LogP contribution < -0.4 is 0 Å². The Kier molecular flexibility index (Phi) is 4.94. The summed E-state index contributed by atoms with van der Waals surface area (Å²) in [5, 5.41) is -7.08. The largest absolute Gasteiger partial charge is 0.464 e. The van der Waals surface area contributed by atoms with Gasteiger partial charge in [0.05, 0.1) is 0 Å². The number of alkyl halides is 10. The minimum atomic E-state index is -7.64. The molecule has 0 aliphatic rings. The van der Waals surface area contributed by atoms with Crippen molar-refractivity contribution >= 4 is 10.2 Å². The van der Waals surface area contributed by atoms with Gasteiger partial charge in [-0.2, -0.15) is 52.3 Å². The molecule has 0 fully saturated rings. The summed E-state index contributed by atoms with van der Waals surface area (Å²) >= 11 is 0. The normalized spacial score (nSPS) is 18.0. The van der Waals surface area contributed by atoms with E-state index < -0.39 is 45.6 Å². The van der Waals surface area contributed by atoms with Crippen LogP contribution >= 0.6 is 0 Å². The van der Waals surface area contributed by atoms with Crippen molar-refractivity contribution in [3.05, 3.63) is 12.7 Å². The van der Waals surface area contributed by atoms with E-state index in [2.05, 4.69) is 0 Å². The molecule has 1 unspecified atom stereocenters. The quantitative estimate of drug-likeness (QED) is 0.405. The first kappa shape index (κ1) is 20.9. The van der Waals surface area contributed by atoms with Gasteiger partial charge in [0.1, 0.15) is 0 Å². The molecule has 15 heteroatoms. The summed E-state index contributed by atoms with van der Waals surface area (Å²) in [5.41, 5.74) is 0. The molecule has 22 heavy (non-hydrogen) atoms. The Hall–Kier alpha value is -1.12. The van der Waals surface area contributed by atoms with Crippen LogP contribution in [0.2, 0.25) is 0 Å². The van der Waals surface area contributed by atoms with Gasteiger partial charge in [-0.15, -0.1) is 0 Å². The summed E-state index contributed by atoms with van der Waals surface area (Å²) in [6.07, 6.45) is -15.4. The minimum Gasteiger partial charge on any atom is -0.264 e. The molecule has 0 amide bonds. The number of hydrogen-bond donors (Lipinski definition) is 0. The molecule has 0 aliphatic heterocycles. The molecule has 3 nitrogen and oxygen atoms in total. The number of halogens is 11. The van der Waals surface area contributed by atoms with Gasteiger partial charge in [0.25, 0.3) is 0 Å². The maximum atomic E-state index is 13.2. The second kappa shape index (κ2) is 5.21. The fraction of sp³-hybridized carbons (Fsp3) is 0.714. The molecular weight excluding hydrogens is 373 g/mol. The van der Waals surface area contributed by atoms with Crippen molar-refractivity contribution in [3.63, 3.8) is 0 Å². The van der Waals surface area contributed by atoms with E-state index in [4.69, 9.17) is 0 Å². The molecule has 0 saturated carbocycles. The first-order valence-corrected chi connectivity index (χ1v) is 5.82. The van der Waals surface area contributed by atoms with Gasteiger partial charge >= 0.3 is 39.5 Å². The van der Waals surface area contributed by atoms with E-state index in [1.807, 2.05) is 6.58 Å². The molecule has 0 aliphatic carbocycles. The fourth-order valence-electron chi connectivity index (χ4n) is 0.824. The van der Waals surface area contributed by atoms with Gasteiger partial charge in [-0.1, -0.05) is 10.5 Å². The second-order valence-corrected chi connectivity index (χ2v) is 4.88. The summed E-state index contributed by atoms with van der Waals surface area (Å²) in [6, 6.07) is 0. The molecule has 0 rings (SSSR count). The Morgan fingerprint density at radius 1 is 0.864 bits per heavy atom. The molecular formula is C7H3F11O3S. The van der Waals surface area contributed by atoms with E-state index in [1.54, 1.807) is 4.74 Å². The highest BCUT2D eigenvalue weighted by Gasteiger charge is 2.80. The van der Waals surface area contributed by atoms with Crippen LogP contribution in [0.5, 0.6) is 0 Å². The molecule has 0 bridgehead atoms. The van der Waals surface area contributed by atoms with Gasteiger partial charge in [-0.05, 0) is 6.08 Å². The highest BCUT2D eigenvalue weighted by molar-refractivity contribution is 7.87.